The molecule has 0 aliphatic heterocycles. The lowest BCUT2D eigenvalue weighted by Gasteiger charge is -2.10. The van der Waals surface area contributed by atoms with Gasteiger partial charge < -0.3 is 15.5 Å². The van der Waals surface area contributed by atoms with Crippen LogP contribution in [0.5, 0.6) is 0 Å². The Kier molecular flexibility index (Phi) is 7.56. The van der Waals surface area contributed by atoms with Crippen LogP contribution in [0.4, 0.5) is 0 Å². The van der Waals surface area contributed by atoms with E-state index in [-0.39, 0.29) is 17.5 Å². The van der Waals surface area contributed by atoms with Crippen molar-refractivity contribution in [2.75, 3.05) is 33.7 Å². The normalized spacial score (nSPS) is 10.6. The molecule has 0 aliphatic carbocycles. The minimum atomic E-state index is -0.289. The molecule has 0 saturated carbocycles. The van der Waals surface area contributed by atoms with Gasteiger partial charge in [-0.25, -0.2) is 0 Å². The van der Waals surface area contributed by atoms with Crippen molar-refractivity contribution < 1.29 is 9.59 Å². The number of likely N-dealkylation sites (N-methyl/N-ethyl adjacent to an activating group) is 1. The average Bonchev–Trinajstić information content (AvgIpc) is 2.63. The fourth-order valence-electron chi connectivity index (χ4n) is 2.25. The van der Waals surface area contributed by atoms with E-state index in [9.17, 15) is 9.59 Å². The van der Waals surface area contributed by atoms with Crippen LogP contribution in [0.2, 0.25) is 5.02 Å². The molecule has 0 radical (unpaired) electrons. The lowest BCUT2D eigenvalue weighted by Crippen LogP contribution is -2.32. The van der Waals surface area contributed by atoms with Crippen LogP contribution < -0.4 is 10.6 Å². The number of amides is 2. The highest BCUT2D eigenvalue weighted by atomic mass is 35.5. The van der Waals surface area contributed by atoms with Crippen molar-refractivity contribution in [3.63, 3.8) is 0 Å². The third kappa shape index (κ3) is 6.46. The number of halogens is 1. The molecule has 0 saturated heterocycles. The summed E-state index contributed by atoms with van der Waals surface area (Å²) in [5, 5.41) is 6.31. The number of rotatable bonds is 8. The van der Waals surface area contributed by atoms with E-state index in [1.807, 2.05) is 43.3 Å². The van der Waals surface area contributed by atoms with Crippen molar-refractivity contribution in [2.24, 2.45) is 0 Å². The second-order valence-electron chi connectivity index (χ2n) is 6.12. The van der Waals surface area contributed by atoms with Crippen molar-refractivity contribution >= 4 is 23.4 Å². The summed E-state index contributed by atoms with van der Waals surface area (Å²) in [7, 11) is 3.86. The highest BCUT2D eigenvalue weighted by Gasteiger charge is 2.11. The molecule has 1 aromatic carbocycles. The lowest BCUT2D eigenvalue weighted by atomic mass is 10.1. The fraction of sp³-hybridized carbons (Fsp3) is 0.316. The molecule has 1 aromatic heterocycles. The first-order valence-electron chi connectivity index (χ1n) is 8.37. The first-order valence-corrected chi connectivity index (χ1v) is 8.75. The molecule has 2 N–H and O–H groups in total. The van der Waals surface area contributed by atoms with E-state index < -0.39 is 0 Å². The molecule has 1 heterocycles. The van der Waals surface area contributed by atoms with Gasteiger partial charge in [-0.2, -0.15) is 0 Å². The van der Waals surface area contributed by atoms with Crippen LogP contribution in [0.15, 0.2) is 42.6 Å². The third-order valence-corrected chi connectivity index (χ3v) is 3.96. The maximum atomic E-state index is 12.3. The number of aromatic nitrogens is 1. The molecule has 6 nitrogen and oxygen atoms in total. The Labute approximate surface area is 158 Å². The van der Waals surface area contributed by atoms with Crippen LogP contribution in [-0.4, -0.2) is 55.4 Å². The summed E-state index contributed by atoms with van der Waals surface area (Å²) in [6.45, 7) is 1.74. The molecule has 138 valence electrons. The van der Waals surface area contributed by atoms with E-state index in [0.29, 0.717) is 30.1 Å². The van der Waals surface area contributed by atoms with Crippen LogP contribution in [0.1, 0.15) is 26.4 Å². The van der Waals surface area contributed by atoms with E-state index in [1.165, 1.54) is 12.3 Å². The van der Waals surface area contributed by atoms with Crippen LogP contribution in [0.25, 0.3) is 0 Å². The van der Waals surface area contributed by atoms with Gasteiger partial charge in [0.05, 0.1) is 0 Å². The number of benzene rings is 1. The van der Waals surface area contributed by atoms with Crippen molar-refractivity contribution in [3.05, 3.63) is 64.4 Å². The third-order valence-electron chi connectivity index (χ3n) is 3.71. The quantitative estimate of drug-likeness (QED) is 0.741. The number of carbonyl (C=O) groups is 2. The van der Waals surface area contributed by atoms with Gasteiger partial charge in [0.15, 0.2) is 0 Å². The Morgan fingerprint density at radius 3 is 2.42 bits per heavy atom. The Morgan fingerprint density at radius 1 is 1.04 bits per heavy atom. The SMILES string of the molecule is CN(C)CCNC(=O)c1cc(C(=O)NCCc2ccc(Cl)cc2)ccn1. The summed E-state index contributed by atoms with van der Waals surface area (Å²) < 4.78 is 0. The zero-order valence-electron chi connectivity index (χ0n) is 15.0. The lowest BCUT2D eigenvalue weighted by molar-refractivity contribution is 0.0946. The van der Waals surface area contributed by atoms with Gasteiger partial charge in [0.1, 0.15) is 5.69 Å². The van der Waals surface area contributed by atoms with Crippen molar-refractivity contribution in [2.45, 2.75) is 6.42 Å². The van der Waals surface area contributed by atoms with Gasteiger partial charge in [-0.15, -0.1) is 0 Å². The molecule has 0 spiro atoms. The molecule has 2 aromatic rings. The number of nitrogens with one attached hydrogen (secondary N) is 2. The van der Waals surface area contributed by atoms with Gasteiger partial charge in [0.2, 0.25) is 0 Å². The minimum absolute atomic E-state index is 0.231. The Hall–Kier alpha value is -2.44. The number of pyridine rings is 1. The van der Waals surface area contributed by atoms with Gasteiger partial charge in [0.25, 0.3) is 11.8 Å². The number of hydrogen-bond acceptors (Lipinski definition) is 4. The second kappa shape index (κ2) is 9.89. The molecule has 2 rings (SSSR count). The standard InChI is InChI=1S/C19H23ClN4O2/c1-24(2)12-11-23-19(26)17-13-15(8-10-21-17)18(25)22-9-7-14-3-5-16(20)6-4-14/h3-6,8,10,13H,7,9,11-12H2,1-2H3,(H,22,25)(H,23,26). The van der Waals surface area contributed by atoms with E-state index in [1.54, 1.807) is 6.07 Å². The van der Waals surface area contributed by atoms with Gasteiger partial charge in [0, 0.05) is 36.4 Å². The summed E-state index contributed by atoms with van der Waals surface area (Å²) in [6, 6.07) is 10.6. The summed E-state index contributed by atoms with van der Waals surface area (Å²) in [6.07, 6.45) is 2.17. The van der Waals surface area contributed by atoms with Crippen LogP contribution >= 0.6 is 11.6 Å². The van der Waals surface area contributed by atoms with Crippen LogP contribution in [0.3, 0.4) is 0 Å². The van der Waals surface area contributed by atoms with Gasteiger partial charge in [-0.05, 0) is 50.3 Å². The Morgan fingerprint density at radius 2 is 1.73 bits per heavy atom. The minimum Gasteiger partial charge on any atom is -0.352 e. The van der Waals surface area contributed by atoms with Gasteiger partial charge >= 0.3 is 0 Å². The molecule has 7 heteroatoms. The van der Waals surface area contributed by atoms with Gasteiger partial charge in [-0.3, -0.25) is 14.6 Å². The van der Waals surface area contributed by atoms with E-state index in [2.05, 4.69) is 15.6 Å². The van der Waals surface area contributed by atoms with E-state index >= 15 is 0 Å². The molecular weight excluding hydrogens is 352 g/mol. The molecule has 0 atom stereocenters. The average molecular weight is 375 g/mol. The highest BCUT2D eigenvalue weighted by molar-refractivity contribution is 6.30. The van der Waals surface area contributed by atoms with Crippen molar-refractivity contribution in [1.29, 1.82) is 0 Å². The van der Waals surface area contributed by atoms with Gasteiger partial charge in [-0.1, -0.05) is 23.7 Å². The maximum Gasteiger partial charge on any atom is 0.269 e. The Bertz CT molecular complexity index is 747. The first kappa shape index (κ1) is 19.9. The number of nitrogens with zero attached hydrogens (tertiary/aromatic N) is 2. The molecular formula is C19H23ClN4O2. The zero-order valence-corrected chi connectivity index (χ0v) is 15.7. The fourth-order valence-corrected chi connectivity index (χ4v) is 2.38. The predicted molar refractivity (Wildman–Crippen MR) is 103 cm³/mol. The maximum absolute atomic E-state index is 12.3. The van der Waals surface area contributed by atoms with E-state index in [4.69, 9.17) is 11.6 Å². The topological polar surface area (TPSA) is 74.3 Å². The summed E-state index contributed by atoms with van der Waals surface area (Å²) in [5.41, 5.74) is 1.73. The molecule has 2 amide bonds. The number of carbonyl (C=O) groups excluding carboxylic acids is 2. The van der Waals surface area contributed by atoms with Crippen molar-refractivity contribution in [3.8, 4) is 0 Å². The summed E-state index contributed by atoms with van der Waals surface area (Å²) in [4.78, 5) is 30.4. The summed E-state index contributed by atoms with van der Waals surface area (Å²) >= 11 is 5.85. The molecule has 0 aliphatic rings. The largest absolute Gasteiger partial charge is 0.352 e. The highest BCUT2D eigenvalue weighted by Crippen LogP contribution is 2.09. The van der Waals surface area contributed by atoms with Crippen LogP contribution in [-0.2, 0) is 6.42 Å². The second-order valence-corrected chi connectivity index (χ2v) is 6.56. The summed E-state index contributed by atoms with van der Waals surface area (Å²) in [5.74, 6) is -0.522. The van der Waals surface area contributed by atoms with Crippen LogP contribution in [0, 0.1) is 0 Å². The Balaban J connectivity index is 1.86. The molecule has 26 heavy (non-hydrogen) atoms. The smallest absolute Gasteiger partial charge is 0.269 e. The molecule has 0 unspecified atom stereocenters. The molecule has 0 bridgehead atoms. The monoisotopic (exact) mass is 374 g/mol. The predicted octanol–water partition coefficient (Wildman–Crippen LogP) is 2.00. The van der Waals surface area contributed by atoms with E-state index in [0.717, 1.165) is 12.1 Å². The molecule has 0 fully saturated rings. The van der Waals surface area contributed by atoms with Crippen molar-refractivity contribution in [1.82, 2.24) is 20.5 Å². The first-order chi connectivity index (χ1) is 12.5. The number of hydrogen-bond donors (Lipinski definition) is 2. The zero-order chi connectivity index (χ0) is 18.9.